The van der Waals surface area contributed by atoms with E-state index in [-0.39, 0.29) is 37.0 Å². The molecular weight excluding hydrogens is 558 g/mol. The van der Waals surface area contributed by atoms with Gasteiger partial charge in [0.2, 0.25) is 0 Å². The Bertz CT molecular complexity index is 1580. The molecule has 0 radical (unpaired) electrons. The van der Waals surface area contributed by atoms with Crippen LogP contribution in [0.2, 0.25) is 0 Å². The summed E-state index contributed by atoms with van der Waals surface area (Å²) in [6.07, 6.45) is 0.791. The molecule has 0 unspecified atom stereocenters. The number of carboxylic acids is 1. The van der Waals surface area contributed by atoms with E-state index < -0.39 is 5.97 Å². The lowest BCUT2D eigenvalue weighted by Gasteiger charge is -2.24. The van der Waals surface area contributed by atoms with E-state index >= 15 is 0 Å². The zero-order chi connectivity index (χ0) is 31.6. The fourth-order valence-electron chi connectivity index (χ4n) is 4.87. The summed E-state index contributed by atoms with van der Waals surface area (Å²) in [5.41, 5.74) is 4.81. The molecule has 3 aromatic carbocycles. The molecule has 0 saturated heterocycles. The third kappa shape index (κ3) is 8.78. The predicted octanol–water partition coefficient (Wildman–Crippen LogP) is 5.41. The molecule has 10 heteroatoms. The van der Waals surface area contributed by atoms with Gasteiger partial charge in [-0.15, -0.1) is 0 Å². The van der Waals surface area contributed by atoms with Gasteiger partial charge in [0.05, 0.1) is 17.8 Å². The molecule has 4 rings (SSSR count). The molecule has 1 aromatic heterocycles. The minimum Gasteiger partial charge on any atom is -0.481 e. The highest BCUT2D eigenvalue weighted by Crippen LogP contribution is 2.32. The second-order valence-electron chi connectivity index (χ2n) is 11.0. The maximum atomic E-state index is 13.3. The third-order valence-corrected chi connectivity index (χ3v) is 7.15. The maximum Gasteiger partial charge on any atom is 0.305 e. The summed E-state index contributed by atoms with van der Waals surface area (Å²) in [6.45, 7) is 3.79. The second kappa shape index (κ2) is 15.0. The number of anilines is 2. The quantitative estimate of drug-likeness (QED) is 0.198. The number of carbonyl (C=O) groups excluding carboxylic acids is 2. The summed E-state index contributed by atoms with van der Waals surface area (Å²) in [6, 6.07) is 24.1. The van der Waals surface area contributed by atoms with E-state index in [4.69, 9.17) is 4.52 Å². The highest BCUT2D eigenvalue weighted by atomic mass is 16.5. The number of nitrogens with one attached hydrogen (secondary N) is 1. The number of carbonyl (C=O) groups is 3. The van der Waals surface area contributed by atoms with Gasteiger partial charge >= 0.3 is 5.97 Å². The normalized spacial score (nSPS) is 10.9. The molecule has 1 heterocycles. The fourth-order valence-corrected chi connectivity index (χ4v) is 4.87. The van der Waals surface area contributed by atoms with Crippen LogP contribution in [-0.4, -0.2) is 78.6 Å². The molecule has 44 heavy (non-hydrogen) atoms. The van der Waals surface area contributed by atoms with Crippen molar-refractivity contribution in [1.82, 2.24) is 15.0 Å². The van der Waals surface area contributed by atoms with Crippen LogP contribution in [0.1, 0.15) is 45.0 Å². The number of amides is 2. The van der Waals surface area contributed by atoms with Crippen molar-refractivity contribution in [3.8, 4) is 11.1 Å². The Morgan fingerprint density at radius 1 is 0.864 bits per heavy atom. The van der Waals surface area contributed by atoms with Crippen molar-refractivity contribution < 1.29 is 24.0 Å². The first-order chi connectivity index (χ1) is 21.1. The number of aromatic nitrogens is 1. The van der Waals surface area contributed by atoms with Crippen LogP contribution in [0.3, 0.4) is 0 Å². The van der Waals surface area contributed by atoms with Crippen molar-refractivity contribution in [3.63, 3.8) is 0 Å². The Morgan fingerprint density at radius 3 is 2.30 bits per heavy atom. The van der Waals surface area contributed by atoms with Gasteiger partial charge in [0, 0.05) is 38.3 Å². The number of aliphatic carboxylic acids is 1. The van der Waals surface area contributed by atoms with Gasteiger partial charge < -0.3 is 29.6 Å². The van der Waals surface area contributed by atoms with Gasteiger partial charge in [-0.1, -0.05) is 47.6 Å². The van der Waals surface area contributed by atoms with Crippen molar-refractivity contribution in [3.05, 3.63) is 101 Å². The Morgan fingerprint density at radius 2 is 1.61 bits per heavy atom. The summed E-state index contributed by atoms with van der Waals surface area (Å²) in [5, 5.41) is 16.2. The molecule has 0 bridgehead atoms. The van der Waals surface area contributed by atoms with Crippen molar-refractivity contribution in [2.24, 2.45) is 0 Å². The number of hydrogen-bond acceptors (Lipinski definition) is 7. The average molecular weight is 598 g/mol. The van der Waals surface area contributed by atoms with Crippen LogP contribution in [0.15, 0.2) is 83.4 Å². The number of benzene rings is 3. The first-order valence-corrected chi connectivity index (χ1v) is 14.5. The monoisotopic (exact) mass is 597 g/mol. The zero-order valence-electron chi connectivity index (χ0n) is 25.6. The number of aryl methyl sites for hydroxylation is 1. The molecule has 2 N–H and O–H groups in total. The molecule has 0 spiro atoms. The van der Waals surface area contributed by atoms with Gasteiger partial charge in [-0.3, -0.25) is 14.4 Å². The Kier molecular flexibility index (Phi) is 10.9. The van der Waals surface area contributed by atoms with Gasteiger partial charge in [-0.2, -0.15) is 0 Å². The number of hydrogen-bond donors (Lipinski definition) is 2. The van der Waals surface area contributed by atoms with E-state index in [1.54, 1.807) is 42.2 Å². The van der Waals surface area contributed by atoms with E-state index in [2.05, 4.69) is 20.3 Å². The smallest absolute Gasteiger partial charge is 0.305 e. The highest BCUT2D eigenvalue weighted by molar-refractivity contribution is 6.05. The van der Waals surface area contributed by atoms with E-state index in [1.165, 1.54) is 0 Å². The molecule has 2 amide bonds. The van der Waals surface area contributed by atoms with E-state index in [0.29, 0.717) is 17.0 Å². The summed E-state index contributed by atoms with van der Waals surface area (Å²) in [4.78, 5) is 43.5. The number of rotatable bonds is 14. The molecule has 0 atom stereocenters. The van der Waals surface area contributed by atoms with Crippen LogP contribution in [0.25, 0.3) is 11.1 Å². The van der Waals surface area contributed by atoms with Gasteiger partial charge in [0.1, 0.15) is 5.76 Å². The van der Waals surface area contributed by atoms with Crippen molar-refractivity contribution in [1.29, 1.82) is 0 Å². The SMILES string of the molecule is Cc1cc(C(=O)Nc2cc(-c3cccc(CN(CCC(=O)O)C(=O)c4ccccc4)c3)ccc2N(C)CCCN(C)C)no1. The van der Waals surface area contributed by atoms with Crippen LogP contribution in [0.5, 0.6) is 0 Å². The van der Waals surface area contributed by atoms with Gasteiger partial charge in [-0.25, -0.2) is 0 Å². The minimum absolute atomic E-state index is 0.0832. The summed E-state index contributed by atoms with van der Waals surface area (Å²) in [5.74, 6) is -1.02. The Labute approximate surface area is 257 Å². The van der Waals surface area contributed by atoms with E-state index in [9.17, 15) is 19.5 Å². The Balaban J connectivity index is 1.62. The standard InChI is InChI=1S/C34H39N5O5/c1-24-20-30(36-44-24)33(42)35-29-22-28(14-15-31(29)38(4)18-9-17-37(2)3)27-13-8-10-25(21-27)23-39(19-16-32(40)41)34(43)26-11-6-5-7-12-26/h5-8,10-15,20-22H,9,16-19,23H2,1-4H3,(H,35,42)(H,40,41). The van der Waals surface area contributed by atoms with E-state index in [0.717, 1.165) is 41.9 Å². The van der Waals surface area contributed by atoms with Crippen LogP contribution < -0.4 is 10.2 Å². The first kappa shape index (κ1) is 32.0. The topological polar surface area (TPSA) is 119 Å². The second-order valence-corrected chi connectivity index (χ2v) is 11.0. The summed E-state index contributed by atoms with van der Waals surface area (Å²) >= 11 is 0. The largest absolute Gasteiger partial charge is 0.481 e. The molecule has 10 nitrogen and oxygen atoms in total. The van der Waals surface area contributed by atoms with Crippen LogP contribution in [0, 0.1) is 6.92 Å². The molecular formula is C34H39N5O5. The van der Waals surface area contributed by atoms with Crippen molar-refractivity contribution in [2.75, 3.05) is 51.0 Å². The number of carboxylic acid groups (broad SMARTS) is 1. The van der Waals surface area contributed by atoms with Crippen molar-refractivity contribution >= 4 is 29.2 Å². The molecule has 230 valence electrons. The van der Waals surface area contributed by atoms with Gasteiger partial charge in [-0.05, 0) is 81.0 Å². The third-order valence-electron chi connectivity index (χ3n) is 7.15. The van der Waals surface area contributed by atoms with Gasteiger partial charge in [0.15, 0.2) is 5.69 Å². The first-order valence-electron chi connectivity index (χ1n) is 14.5. The molecule has 0 aliphatic carbocycles. The number of nitrogens with zero attached hydrogens (tertiary/aromatic N) is 4. The van der Waals surface area contributed by atoms with E-state index in [1.807, 2.05) is 69.7 Å². The van der Waals surface area contributed by atoms with Crippen LogP contribution in [0.4, 0.5) is 11.4 Å². The predicted molar refractivity (Wildman–Crippen MR) is 171 cm³/mol. The zero-order valence-corrected chi connectivity index (χ0v) is 25.6. The maximum absolute atomic E-state index is 13.3. The fraction of sp³-hybridized carbons (Fsp3) is 0.294. The highest BCUT2D eigenvalue weighted by Gasteiger charge is 2.19. The lowest BCUT2D eigenvalue weighted by atomic mass is 10.0. The molecule has 0 aliphatic heterocycles. The van der Waals surface area contributed by atoms with Gasteiger partial charge in [0.25, 0.3) is 11.8 Å². The lowest BCUT2D eigenvalue weighted by molar-refractivity contribution is -0.137. The lowest BCUT2D eigenvalue weighted by Crippen LogP contribution is -2.32. The van der Waals surface area contributed by atoms with Crippen molar-refractivity contribution in [2.45, 2.75) is 26.3 Å². The average Bonchev–Trinajstić information content (AvgIpc) is 3.45. The van der Waals surface area contributed by atoms with Crippen LogP contribution >= 0.6 is 0 Å². The van der Waals surface area contributed by atoms with Crippen LogP contribution in [-0.2, 0) is 11.3 Å². The molecule has 0 fully saturated rings. The summed E-state index contributed by atoms with van der Waals surface area (Å²) in [7, 11) is 6.07. The molecule has 4 aromatic rings. The summed E-state index contributed by atoms with van der Waals surface area (Å²) < 4.78 is 5.10. The molecule has 0 aliphatic rings. The minimum atomic E-state index is -0.966. The molecule has 0 saturated carbocycles. The Hall–Kier alpha value is -4.96.